The maximum Gasteiger partial charge on any atom is 0.206 e. The van der Waals surface area contributed by atoms with Crippen LogP contribution in [0.15, 0.2) is 24.3 Å². The fourth-order valence-corrected chi connectivity index (χ4v) is 3.07. The zero-order valence-corrected chi connectivity index (χ0v) is 11.5. The third kappa shape index (κ3) is 2.32. The van der Waals surface area contributed by atoms with Crippen LogP contribution in [0.4, 0.5) is 5.95 Å². The normalized spacial score (nSPS) is 17.3. The SMILES string of the molecule is Cn1c(N2CCC(CCN)CC2)nc2ccccc21. The maximum absolute atomic E-state index is 5.65. The number of piperidine rings is 1. The van der Waals surface area contributed by atoms with Crippen LogP contribution in [0.2, 0.25) is 0 Å². The van der Waals surface area contributed by atoms with Crippen molar-refractivity contribution in [1.29, 1.82) is 0 Å². The molecular formula is C15H22N4. The first kappa shape index (κ1) is 12.5. The molecule has 2 aromatic rings. The molecule has 0 spiro atoms. The minimum atomic E-state index is 0.802. The summed E-state index contributed by atoms with van der Waals surface area (Å²) in [7, 11) is 2.11. The summed E-state index contributed by atoms with van der Waals surface area (Å²) in [5, 5.41) is 0. The van der Waals surface area contributed by atoms with Crippen LogP contribution in [0.1, 0.15) is 19.3 Å². The Bertz CT molecular complexity index is 552. The lowest BCUT2D eigenvalue weighted by atomic mass is 9.94. The smallest absolute Gasteiger partial charge is 0.206 e. The molecule has 4 nitrogen and oxygen atoms in total. The van der Waals surface area contributed by atoms with Crippen molar-refractivity contribution in [2.45, 2.75) is 19.3 Å². The number of benzene rings is 1. The molecule has 0 aliphatic carbocycles. The van der Waals surface area contributed by atoms with E-state index in [4.69, 9.17) is 10.7 Å². The molecule has 19 heavy (non-hydrogen) atoms. The number of aromatic nitrogens is 2. The number of hydrogen-bond acceptors (Lipinski definition) is 3. The number of para-hydroxylation sites is 2. The summed E-state index contributed by atoms with van der Waals surface area (Å²) in [5.74, 6) is 1.91. The highest BCUT2D eigenvalue weighted by Crippen LogP contribution is 2.26. The number of anilines is 1. The van der Waals surface area contributed by atoms with Gasteiger partial charge in [-0.05, 0) is 43.9 Å². The summed E-state index contributed by atoms with van der Waals surface area (Å²) in [6, 6.07) is 8.33. The van der Waals surface area contributed by atoms with Crippen LogP contribution in [0, 0.1) is 5.92 Å². The summed E-state index contributed by atoms with van der Waals surface area (Å²) < 4.78 is 2.21. The number of fused-ring (bicyclic) bond motifs is 1. The summed E-state index contributed by atoms with van der Waals surface area (Å²) in [5.41, 5.74) is 7.95. The van der Waals surface area contributed by atoms with Crippen LogP contribution in [-0.2, 0) is 7.05 Å². The molecule has 3 rings (SSSR count). The third-order valence-corrected chi connectivity index (χ3v) is 4.24. The second-order valence-corrected chi connectivity index (χ2v) is 5.47. The first-order valence-electron chi connectivity index (χ1n) is 7.16. The van der Waals surface area contributed by atoms with Gasteiger partial charge in [-0.3, -0.25) is 0 Å². The van der Waals surface area contributed by atoms with E-state index < -0.39 is 0 Å². The Morgan fingerprint density at radius 1 is 1.26 bits per heavy atom. The van der Waals surface area contributed by atoms with Crippen LogP contribution in [0.3, 0.4) is 0 Å². The average molecular weight is 258 g/mol. The molecule has 0 bridgehead atoms. The van der Waals surface area contributed by atoms with Gasteiger partial charge in [0.25, 0.3) is 0 Å². The number of nitrogens with zero attached hydrogens (tertiary/aromatic N) is 3. The standard InChI is InChI=1S/C15H22N4/c1-18-14-5-3-2-4-13(14)17-15(18)19-10-7-12(6-9-16)8-11-19/h2-5,12H,6-11,16H2,1H3. The van der Waals surface area contributed by atoms with Gasteiger partial charge in [-0.2, -0.15) is 0 Å². The van der Waals surface area contributed by atoms with Gasteiger partial charge in [-0.15, -0.1) is 0 Å². The van der Waals surface area contributed by atoms with E-state index in [1.54, 1.807) is 0 Å². The molecule has 2 heterocycles. The zero-order chi connectivity index (χ0) is 13.2. The van der Waals surface area contributed by atoms with E-state index in [9.17, 15) is 0 Å². The van der Waals surface area contributed by atoms with Crippen molar-refractivity contribution in [2.75, 3.05) is 24.5 Å². The van der Waals surface area contributed by atoms with Gasteiger partial charge in [0.15, 0.2) is 0 Å². The molecule has 1 aliphatic rings. The van der Waals surface area contributed by atoms with E-state index in [2.05, 4.69) is 34.7 Å². The van der Waals surface area contributed by atoms with Gasteiger partial charge in [0, 0.05) is 20.1 Å². The first-order chi connectivity index (χ1) is 9.29. The second-order valence-electron chi connectivity index (χ2n) is 5.47. The number of hydrogen-bond donors (Lipinski definition) is 1. The second kappa shape index (κ2) is 5.21. The predicted octanol–water partition coefficient (Wildman–Crippen LogP) is 2.14. The van der Waals surface area contributed by atoms with Crippen LogP contribution in [0.25, 0.3) is 11.0 Å². The van der Waals surface area contributed by atoms with Crippen molar-refractivity contribution in [3.8, 4) is 0 Å². The van der Waals surface area contributed by atoms with Gasteiger partial charge in [0.1, 0.15) is 0 Å². The molecule has 0 amide bonds. The fourth-order valence-electron chi connectivity index (χ4n) is 3.07. The van der Waals surface area contributed by atoms with Gasteiger partial charge in [-0.25, -0.2) is 4.98 Å². The summed E-state index contributed by atoms with van der Waals surface area (Å²) in [4.78, 5) is 7.18. The van der Waals surface area contributed by atoms with E-state index in [0.29, 0.717) is 0 Å². The molecule has 2 N–H and O–H groups in total. The Morgan fingerprint density at radius 3 is 2.68 bits per heavy atom. The quantitative estimate of drug-likeness (QED) is 0.917. The monoisotopic (exact) mass is 258 g/mol. The van der Waals surface area contributed by atoms with Crippen molar-refractivity contribution in [2.24, 2.45) is 18.7 Å². The topological polar surface area (TPSA) is 47.1 Å². The van der Waals surface area contributed by atoms with Crippen molar-refractivity contribution in [3.63, 3.8) is 0 Å². The number of rotatable bonds is 3. The third-order valence-electron chi connectivity index (χ3n) is 4.24. The van der Waals surface area contributed by atoms with Crippen LogP contribution < -0.4 is 10.6 Å². The molecule has 0 saturated carbocycles. The molecule has 102 valence electrons. The Hall–Kier alpha value is -1.55. The van der Waals surface area contributed by atoms with Crippen LogP contribution >= 0.6 is 0 Å². The highest BCUT2D eigenvalue weighted by molar-refractivity contribution is 5.78. The van der Waals surface area contributed by atoms with Gasteiger partial charge in [0.2, 0.25) is 5.95 Å². The summed E-state index contributed by atoms with van der Waals surface area (Å²) >= 11 is 0. The minimum Gasteiger partial charge on any atom is -0.342 e. The van der Waals surface area contributed by atoms with Crippen molar-refractivity contribution in [1.82, 2.24) is 9.55 Å². The van der Waals surface area contributed by atoms with Crippen LogP contribution in [-0.4, -0.2) is 29.2 Å². The first-order valence-corrected chi connectivity index (χ1v) is 7.16. The molecule has 4 heteroatoms. The highest BCUT2D eigenvalue weighted by atomic mass is 15.3. The average Bonchev–Trinajstić information content (AvgIpc) is 2.78. The van der Waals surface area contributed by atoms with E-state index in [1.165, 1.54) is 18.4 Å². The maximum atomic E-state index is 5.65. The zero-order valence-electron chi connectivity index (χ0n) is 11.5. The highest BCUT2D eigenvalue weighted by Gasteiger charge is 2.22. The largest absolute Gasteiger partial charge is 0.342 e. The Balaban J connectivity index is 1.80. The van der Waals surface area contributed by atoms with E-state index >= 15 is 0 Å². The summed E-state index contributed by atoms with van der Waals surface area (Å²) in [6.07, 6.45) is 3.64. The lowest BCUT2D eigenvalue weighted by molar-refractivity contribution is 0.382. The van der Waals surface area contributed by atoms with E-state index in [-0.39, 0.29) is 0 Å². The molecule has 1 aromatic carbocycles. The Kier molecular flexibility index (Phi) is 3.42. The van der Waals surface area contributed by atoms with Crippen LogP contribution in [0.5, 0.6) is 0 Å². The van der Waals surface area contributed by atoms with E-state index in [0.717, 1.165) is 43.4 Å². The number of imidazole rings is 1. The lowest BCUT2D eigenvalue weighted by Crippen LogP contribution is -2.35. The van der Waals surface area contributed by atoms with Crippen molar-refractivity contribution >= 4 is 17.0 Å². The molecule has 0 unspecified atom stereocenters. The van der Waals surface area contributed by atoms with Gasteiger partial charge in [-0.1, -0.05) is 12.1 Å². The minimum absolute atomic E-state index is 0.802. The molecule has 1 aliphatic heterocycles. The fraction of sp³-hybridized carbons (Fsp3) is 0.533. The summed E-state index contributed by atoms with van der Waals surface area (Å²) in [6.45, 7) is 3.01. The molecule has 0 atom stereocenters. The number of nitrogens with two attached hydrogens (primary N) is 1. The molecule has 1 saturated heterocycles. The molecule has 0 radical (unpaired) electrons. The molecular weight excluding hydrogens is 236 g/mol. The predicted molar refractivity (Wildman–Crippen MR) is 79.3 cm³/mol. The molecule has 1 aromatic heterocycles. The molecule has 1 fully saturated rings. The Labute approximate surface area is 114 Å². The van der Waals surface area contributed by atoms with Gasteiger partial charge in [0.05, 0.1) is 11.0 Å². The van der Waals surface area contributed by atoms with Crippen molar-refractivity contribution in [3.05, 3.63) is 24.3 Å². The van der Waals surface area contributed by atoms with Gasteiger partial charge < -0.3 is 15.2 Å². The van der Waals surface area contributed by atoms with E-state index in [1.807, 2.05) is 6.07 Å². The van der Waals surface area contributed by atoms with Crippen molar-refractivity contribution < 1.29 is 0 Å². The van der Waals surface area contributed by atoms with Gasteiger partial charge >= 0.3 is 0 Å². The Morgan fingerprint density at radius 2 is 2.00 bits per heavy atom. The lowest BCUT2D eigenvalue weighted by Gasteiger charge is -2.32. The number of aryl methyl sites for hydroxylation is 1.